The van der Waals surface area contributed by atoms with Crippen LogP contribution in [-0.2, 0) is 15.6 Å². The summed E-state index contributed by atoms with van der Waals surface area (Å²) in [6, 6.07) is 18.5. The van der Waals surface area contributed by atoms with E-state index in [2.05, 4.69) is 62.8 Å². The van der Waals surface area contributed by atoms with Gasteiger partial charge in [-0.2, -0.15) is 0 Å². The van der Waals surface area contributed by atoms with E-state index in [1.807, 2.05) is 43.3 Å². The van der Waals surface area contributed by atoms with Crippen molar-refractivity contribution in [3.8, 4) is 11.5 Å². The molecule has 38 heavy (non-hydrogen) atoms. The number of ether oxygens (including phenoxy) is 1. The smallest absolute Gasteiger partial charge is 0.338 e. The second-order valence-electron chi connectivity index (χ2n) is 12.1. The maximum Gasteiger partial charge on any atom is 0.338 e. The second-order valence-corrected chi connectivity index (χ2v) is 13.0. The molecular weight excluding hydrogens is 542 g/mol. The molecule has 5 nitrogen and oxygen atoms in total. The van der Waals surface area contributed by atoms with Crippen molar-refractivity contribution >= 4 is 27.8 Å². The SMILES string of the molecule is CC[C@]1(NC(=O)c2cccc(Br)c2)C(=O)Oc2ccccc2[C@@H]1c1cc(C(C)(C)C)c(O)c(C(C)(C)C)c1. The number of aromatic hydroxyl groups is 1. The van der Waals surface area contributed by atoms with Crippen LogP contribution in [0.25, 0.3) is 0 Å². The minimum absolute atomic E-state index is 0.265. The molecule has 0 saturated heterocycles. The minimum Gasteiger partial charge on any atom is -0.507 e. The van der Waals surface area contributed by atoms with Crippen LogP contribution >= 0.6 is 15.9 Å². The van der Waals surface area contributed by atoms with Gasteiger partial charge in [-0.15, -0.1) is 0 Å². The number of benzene rings is 3. The summed E-state index contributed by atoms with van der Waals surface area (Å²) in [6.07, 6.45) is 0.307. The molecule has 0 fully saturated rings. The Hall–Kier alpha value is -3.12. The predicted molar refractivity (Wildman–Crippen MR) is 154 cm³/mol. The van der Waals surface area contributed by atoms with Gasteiger partial charge in [-0.25, -0.2) is 4.79 Å². The lowest BCUT2D eigenvalue weighted by Gasteiger charge is -2.43. The van der Waals surface area contributed by atoms with Gasteiger partial charge in [0.1, 0.15) is 17.0 Å². The van der Waals surface area contributed by atoms with Crippen LogP contribution in [0.1, 0.15) is 93.4 Å². The van der Waals surface area contributed by atoms with Crippen molar-refractivity contribution < 1.29 is 19.4 Å². The van der Waals surface area contributed by atoms with Gasteiger partial charge in [0.2, 0.25) is 0 Å². The molecule has 3 aromatic rings. The van der Waals surface area contributed by atoms with Crippen molar-refractivity contribution in [2.75, 3.05) is 0 Å². The summed E-state index contributed by atoms with van der Waals surface area (Å²) in [7, 11) is 0. The maximum absolute atomic E-state index is 13.9. The fraction of sp³-hybridized carbons (Fsp3) is 0.375. The molecule has 2 atom stereocenters. The zero-order valence-electron chi connectivity index (χ0n) is 23.1. The Morgan fingerprint density at radius 2 is 1.58 bits per heavy atom. The largest absolute Gasteiger partial charge is 0.507 e. The Morgan fingerprint density at radius 1 is 0.974 bits per heavy atom. The highest BCUT2D eigenvalue weighted by molar-refractivity contribution is 9.10. The van der Waals surface area contributed by atoms with Crippen LogP contribution in [0.4, 0.5) is 0 Å². The van der Waals surface area contributed by atoms with E-state index in [4.69, 9.17) is 4.74 Å². The van der Waals surface area contributed by atoms with Gasteiger partial charge >= 0.3 is 5.97 Å². The first-order valence-electron chi connectivity index (χ1n) is 13.0. The molecule has 1 heterocycles. The van der Waals surface area contributed by atoms with Crippen LogP contribution in [0.15, 0.2) is 65.1 Å². The fourth-order valence-corrected chi connectivity index (χ4v) is 5.68. The Morgan fingerprint density at radius 3 is 2.13 bits per heavy atom. The average molecular weight is 579 g/mol. The van der Waals surface area contributed by atoms with E-state index in [9.17, 15) is 14.7 Å². The zero-order valence-corrected chi connectivity index (χ0v) is 24.7. The topological polar surface area (TPSA) is 75.6 Å². The fourth-order valence-electron chi connectivity index (χ4n) is 5.28. The highest BCUT2D eigenvalue weighted by atomic mass is 79.9. The van der Waals surface area contributed by atoms with Crippen molar-refractivity contribution in [2.45, 2.75) is 77.2 Å². The lowest BCUT2D eigenvalue weighted by atomic mass is 9.68. The molecule has 0 saturated carbocycles. The number of halogens is 1. The summed E-state index contributed by atoms with van der Waals surface area (Å²) in [4.78, 5) is 27.5. The highest BCUT2D eigenvalue weighted by Crippen LogP contribution is 2.49. The Labute approximate surface area is 233 Å². The summed E-state index contributed by atoms with van der Waals surface area (Å²) in [5.41, 5.74) is 1.60. The molecule has 3 aromatic carbocycles. The van der Waals surface area contributed by atoms with Gasteiger partial charge in [0.15, 0.2) is 0 Å². The number of nitrogens with one attached hydrogen (secondary N) is 1. The van der Waals surface area contributed by atoms with Crippen LogP contribution in [0, 0.1) is 0 Å². The van der Waals surface area contributed by atoms with Crippen molar-refractivity contribution in [1.82, 2.24) is 5.32 Å². The third-order valence-electron chi connectivity index (χ3n) is 7.35. The van der Waals surface area contributed by atoms with E-state index in [1.165, 1.54) is 0 Å². The maximum atomic E-state index is 13.9. The summed E-state index contributed by atoms with van der Waals surface area (Å²) >= 11 is 3.43. The van der Waals surface area contributed by atoms with Crippen LogP contribution in [-0.4, -0.2) is 22.5 Å². The first-order chi connectivity index (χ1) is 17.7. The Kier molecular flexibility index (Phi) is 7.26. The van der Waals surface area contributed by atoms with Crippen molar-refractivity contribution in [2.24, 2.45) is 0 Å². The van der Waals surface area contributed by atoms with Crippen molar-refractivity contribution in [3.05, 3.63) is 93.0 Å². The molecule has 1 aliphatic heterocycles. The van der Waals surface area contributed by atoms with E-state index in [-0.39, 0.29) is 22.5 Å². The molecular formula is C32H36BrNO4. The summed E-state index contributed by atoms with van der Waals surface area (Å²) < 4.78 is 6.63. The number of para-hydroxylation sites is 1. The van der Waals surface area contributed by atoms with Crippen molar-refractivity contribution in [1.29, 1.82) is 0 Å². The number of hydrogen-bond donors (Lipinski definition) is 2. The van der Waals surface area contributed by atoms with Crippen LogP contribution in [0.3, 0.4) is 0 Å². The third kappa shape index (κ3) is 4.98. The van der Waals surface area contributed by atoms with Gasteiger partial charge in [-0.05, 0) is 58.2 Å². The summed E-state index contributed by atoms with van der Waals surface area (Å²) in [5.74, 6) is -0.661. The molecule has 2 N–H and O–H groups in total. The molecule has 4 rings (SSSR count). The van der Waals surface area contributed by atoms with Gasteiger partial charge < -0.3 is 15.2 Å². The number of rotatable bonds is 4. The normalized spacial score (nSPS) is 19.5. The molecule has 0 unspecified atom stereocenters. The molecule has 0 bridgehead atoms. The van der Waals surface area contributed by atoms with Gasteiger partial charge in [-0.3, -0.25) is 4.79 Å². The molecule has 0 radical (unpaired) electrons. The number of carbonyl (C=O) groups is 2. The van der Waals surface area contributed by atoms with Gasteiger partial charge in [-0.1, -0.05) is 101 Å². The number of amides is 1. The molecule has 200 valence electrons. The number of phenols is 1. The average Bonchev–Trinajstić information content (AvgIpc) is 2.83. The molecule has 1 aliphatic rings. The second kappa shape index (κ2) is 9.88. The quantitative estimate of drug-likeness (QED) is 0.250. The number of fused-ring (bicyclic) bond motifs is 1. The minimum atomic E-state index is -1.37. The lowest BCUT2D eigenvalue weighted by molar-refractivity contribution is -0.144. The predicted octanol–water partition coefficient (Wildman–Crippen LogP) is 7.38. The van der Waals surface area contributed by atoms with E-state index in [0.29, 0.717) is 17.7 Å². The summed E-state index contributed by atoms with van der Waals surface area (Å²) in [6.45, 7) is 14.2. The number of esters is 1. The lowest BCUT2D eigenvalue weighted by Crippen LogP contribution is -2.61. The molecule has 6 heteroatoms. The third-order valence-corrected chi connectivity index (χ3v) is 7.85. The molecule has 0 spiro atoms. The highest BCUT2D eigenvalue weighted by Gasteiger charge is 2.53. The van der Waals surface area contributed by atoms with Crippen molar-refractivity contribution in [3.63, 3.8) is 0 Å². The first-order valence-corrected chi connectivity index (χ1v) is 13.8. The van der Waals surface area contributed by atoms with E-state index in [0.717, 1.165) is 26.7 Å². The van der Waals surface area contributed by atoms with Crippen LogP contribution < -0.4 is 10.1 Å². The molecule has 1 amide bonds. The Bertz CT molecular complexity index is 1360. The van der Waals surface area contributed by atoms with Gasteiger partial charge in [0.25, 0.3) is 5.91 Å². The first kappa shape index (κ1) is 27.9. The van der Waals surface area contributed by atoms with Gasteiger partial charge in [0, 0.05) is 21.5 Å². The number of carbonyl (C=O) groups excluding carboxylic acids is 2. The van der Waals surface area contributed by atoms with Gasteiger partial charge in [0.05, 0.1) is 0 Å². The standard InChI is InChI=1S/C32H36BrNO4/c1-8-32(34-28(36)19-12-11-13-21(33)16-19)26(22-14-9-10-15-25(22)38-29(32)37)20-17-23(30(2,3)4)27(35)24(18-20)31(5,6)7/h9-18,26,35H,8H2,1-7H3,(H,34,36)/t26-,32+/m0/s1. The van der Waals surface area contributed by atoms with E-state index < -0.39 is 17.4 Å². The zero-order chi connectivity index (χ0) is 28.0. The van der Waals surface area contributed by atoms with Crippen LogP contribution in [0.2, 0.25) is 0 Å². The van der Waals surface area contributed by atoms with E-state index in [1.54, 1.807) is 24.3 Å². The molecule has 0 aromatic heterocycles. The Balaban J connectivity index is 2.01. The summed E-state index contributed by atoms with van der Waals surface area (Å²) in [5, 5.41) is 14.5. The molecule has 0 aliphatic carbocycles. The number of phenolic OH excluding ortho intramolecular Hbond substituents is 1. The monoisotopic (exact) mass is 577 g/mol. The van der Waals surface area contributed by atoms with E-state index >= 15 is 0 Å². The van der Waals surface area contributed by atoms with Crippen LogP contribution in [0.5, 0.6) is 11.5 Å². The number of hydrogen-bond acceptors (Lipinski definition) is 4.